The molecule has 0 unspecified atom stereocenters. The number of halogens is 1. The maximum absolute atomic E-state index is 13.6. The van der Waals surface area contributed by atoms with E-state index in [9.17, 15) is 14.0 Å². The molecule has 102 valence electrons. The van der Waals surface area contributed by atoms with Crippen molar-refractivity contribution in [1.29, 1.82) is 0 Å². The van der Waals surface area contributed by atoms with Crippen molar-refractivity contribution in [3.8, 4) is 0 Å². The summed E-state index contributed by atoms with van der Waals surface area (Å²) in [6.07, 6.45) is 2.79. The van der Waals surface area contributed by atoms with Crippen molar-refractivity contribution in [2.75, 3.05) is 0 Å². The number of hydrogen-bond acceptors (Lipinski definition) is 3. The lowest BCUT2D eigenvalue weighted by molar-refractivity contribution is -0.139. The van der Waals surface area contributed by atoms with Gasteiger partial charge in [-0.05, 0) is 18.2 Å². The molecule has 1 aromatic heterocycles. The summed E-state index contributed by atoms with van der Waals surface area (Å²) in [5.41, 5.74) is 0.104. The molecular weight excluding hydrogens is 263 g/mol. The fourth-order valence-corrected chi connectivity index (χ4v) is 1.69. The van der Waals surface area contributed by atoms with Crippen molar-refractivity contribution in [3.05, 3.63) is 65.7 Å². The zero-order chi connectivity index (χ0) is 14.5. The molecule has 0 bridgehead atoms. The highest BCUT2D eigenvalue weighted by atomic mass is 19.1. The number of benzene rings is 1. The third kappa shape index (κ3) is 2.97. The van der Waals surface area contributed by atoms with Crippen molar-refractivity contribution >= 4 is 11.9 Å². The van der Waals surface area contributed by atoms with Crippen LogP contribution in [0, 0.1) is 5.82 Å². The predicted molar refractivity (Wildman–Crippen MR) is 68.5 cm³/mol. The molecule has 5 nitrogen and oxygen atoms in total. The molecule has 1 amide bonds. The van der Waals surface area contributed by atoms with Crippen LogP contribution in [0.5, 0.6) is 0 Å². The van der Waals surface area contributed by atoms with Gasteiger partial charge in [0.25, 0.3) is 5.91 Å². The van der Waals surface area contributed by atoms with Gasteiger partial charge in [-0.2, -0.15) is 0 Å². The normalized spacial score (nSPS) is 11.7. The molecule has 2 N–H and O–H groups in total. The standard InChI is InChI=1S/C14H11FN2O3/c15-11-6-2-1-5-10(11)12(14(19)20)17-13(18)9-4-3-7-16-8-9/h1-8,12H,(H,17,18)(H,19,20)/t12-/m0/s1. The van der Waals surface area contributed by atoms with Crippen molar-refractivity contribution < 1.29 is 19.1 Å². The Kier molecular flexibility index (Phi) is 4.05. The van der Waals surface area contributed by atoms with Crippen LogP contribution in [0.4, 0.5) is 4.39 Å². The molecule has 0 fully saturated rings. The number of pyridine rings is 1. The van der Waals surface area contributed by atoms with E-state index in [4.69, 9.17) is 5.11 Å². The van der Waals surface area contributed by atoms with Gasteiger partial charge in [-0.15, -0.1) is 0 Å². The summed E-state index contributed by atoms with van der Waals surface area (Å²) >= 11 is 0. The average Bonchev–Trinajstić information content (AvgIpc) is 2.46. The lowest BCUT2D eigenvalue weighted by Crippen LogP contribution is -2.34. The van der Waals surface area contributed by atoms with Crippen LogP contribution < -0.4 is 5.32 Å². The molecular formula is C14H11FN2O3. The third-order valence-electron chi connectivity index (χ3n) is 2.66. The summed E-state index contributed by atoms with van der Waals surface area (Å²) in [4.78, 5) is 26.9. The minimum atomic E-state index is -1.45. The quantitative estimate of drug-likeness (QED) is 0.890. The summed E-state index contributed by atoms with van der Waals surface area (Å²) in [7, 11) is 0. The minimum Gasteiger partial charge on any atom is -0.479 e. The second-order valence-electron chi connectivity index (χ2n) is 4.01. The van der Waals surface area contributed by atoms with Crippen LogP contribution in [0.1, 0.15) is 22.0 Å². The molecule has 0 saturated heterocycles. The van der Waals surface area contributed by atoms with Crippen LogP contribution in [-0.2, 0) is 4.79 Å². The number of carboxylic acid groups (broad SMARTS) is 1. The van der Waals surface area contributed by atoms with Gasteiger partial charge in [0, 0.05) is 18.0 Å². The summed E-state index contributed by atoms with van der Waals surface area (Å²) in [6, 6.07) is 6.99. The number of carboxylic acids is 1. The second-order valence-corrected chi connectivity index (χ2v) is 4.01. The van der Waals surface area contributed by atoms with Gasteiger partial charge in [0.2, 0.25) is 0 Å². The van der Waals surface area contributed by atoms with Gasteiger partial charge in [0.1, 0.15) is 5.82 Å². The number of nitrogens with zero attached hydrogens (tertiary/aromatic N) is 1. The van der Waals surface area contributed by atoms with Crippen LogP contribution in [0.2, 0.25) is 0 Å². The molecule has 2 aromatic rings. The maximum atomic E-state index is 13.6. The molecule has 0 radical (unpaired) electrons. The monoisotopic (exact) mass is 274 g/mol. The van der Waals surface area contributed by atoms with Crippen molar-refractivity contribution in [3.63, 3.8) is 0 Å². The molecule has 0 spiro atoms. The lowest BCUT2D eigenvalue weighted by Gasteiger charge is -2.15. The fourth-order valence-electron chi connectivity index (χ4n) is 1.69. The molecule has 0 aliphatic carbocycles. The highest BCUT2D eigenvalue weighted by Crippen LogP contribution is 2.17. The minimum absolute atomic E-state index is 0.0998. The number of rotatable bonds is 4. The summed E-state index contributed by atoms with van der Waals surface area (Å²) in [5, 5.41) is 11.4. The first-order chi connectivity index (χ1) is 9.59. The Bertz CT molecular complexity index is 631. The van der Waals surface area contributed by atoms with E-state index in [1.165, 1.54) is 36.7 Å². The first kappa shape index (κ1) is 13.7. The topological polar surface area (TPSA) is 79.3 Å². The highest BCUT2D eigenvalue weighted by molar-refractivity contribution is 5.96. The predicted octanol–water partition coefficient (Wildman–Crippen LogP) is 1.78. The molecule has 1 heterocycles. The Morgan fingerprint density at radius 2 is 1.95 bits per heavy atom. The Balaban J connectivity index is 2.26. The molecule has 0 saturated carbocycles. The highest BCUT2D eigenvalue weighted by Gasteiger charge is 2.25. The van der Waals surface area contributed by atoms with Crippen molar-refractivity contribution in [1.82, 2.24) is 10.3 Å². The van der Waals surface area contributed by atoms with Gasteiger partial charge in [-0.25, -0.2) is 9.18 Å². The van der Waals surface area contributed by atoms with Crippen molar-refractivity contribution in [2.24, 2.45) is 0 Å². The number of aliphatic carboxylic acids is 1. The molecule has 1 aromatic carbocycles. The van der Waals surface area contributed by atoms with Crippen LogP contribution in [-0.4, -0.2) is 22.0 Å². The largest absolute Gasteiger partial charge is 0.479 e. The Labute approximate surface area is 114 Å². The van der Waals surface area contributed by atoms with Gasteiger partial charge >= 0.3 is 5.97 Å². The van der Waals surface area contributed by atoms with E-state index in [-0.39, 0.29) is 11.1 Å². The molecule has 20 heavy (non-hydrogen) atoms. The van der Waals surface area contributed by atoms with Gasteiger partial charge in [0.15, 0.2) is 6.04 Å². The number of carbonyl (C=O) groups is 2. The molecule has 2 rings (SSSR count). The number of carbonyl (C=O) groups excluding carboxylic acids is 1. The number of hydrogen-bond donors (Lipinski definition) is 2. The zero-order valence-electron chi connectivity index (χ0n) is 10.3. The van der Waals surface area contributed by atoms with Gasteiger partial charge in [-0.1, -0.05) is 18.2 Å². The van der Waals surface area contributed by atoms with Crippen LogP contribution in [0.15, 0.2) is 48.8 Å². The molecule has 6 heteroatoms. The van der Waals surface area contributed by atoms with E-state index in [2.05, 4.69) is 10.3 Å². The second kappa shape index (κ2) is 5.92. The van der Waals surface area contributed by atoms with E-state index in [1.807, 2.05) is 0 Å². The van der Waals surface area contributed by atoms with E-state index < -0.39 is 23.7 Å². The first-order valence-electron chi connectivity index (χ1n) is 5.77. The van der Waals surface area contributed by atoms with Crippen LogP contribution in [0.3, 0.4) is 0 Å². The SMILES string of the molecule is O=C(N[C@H](C(=O)O)c1ccccc1F)c1cccnc1. The van der Waals surface area contributed by atoms with E-state index >= 15 is 0 Å². The number of aromatic nitrogens is 1. The zero-order valence-corrected chi connectivity index (χ0v) is 10.3. The summed E-state index contributed by atoms with van der Waals surface area (Å²) in [6.45, 7) is 0. The van der Waals surface area contributed by atoms with Gasteiger partial charge in [0.05, 0.1) is 5.56 Å². The Hall–Kier alpha value is -2.76. The third-order valence-corrected chi connectivity index (χ3v) is 2.66. The smallest absolute Gasteiger partial charge is 0.331 e. The average molecular weight is 274 g/mol. The number of nitrogens with one attached hydrogen (secondary N) is 1. The van der Waals surface area contributed by atoms with Crippen LogP contribution in [0.25, 0.3) is 0 Å². The fraction of sp³-hybridized carbons (Fsp3) is 0.0714. The van der Waals surface area contributed by atoms with Gasteiger partial charge in [-0.3, -0.25) is 9.78 Å². The maximum Gasteiger partial charge on any atom is 0.331 e. The molecule has 0 aliphatic heterocycles. The summed E-state index contributed by atoms with van der Waals surface area (Å²) < 4.78 is 13.6. The van der Waals surface area contributed by atoms with E-state index in [0.717, 1.165) is 6.07 Å². The summed E-state index contributed by atoms with van der Waals surface area (Å²) in [5.74, 6) is -2.66. The lowest BCUT2D eigenvalue weighted by atomic mass is 10.1. The van der Waals surface area contributed by atoms with Crippen LogP contribution >= 0.6 is 0 Å². The van der Waals surface area contributed by atoms with E-state index in [1.54, 1.807) is 6.07 Å². The van der Waals surface area contributed by atoms with Crippen molar-refractivity contribution in [2.45, 2.75) is 6.04 Å². The number of amides is 1. The van der Waals surface area contributed by atoms with Gasteiger partial charge < -0.3 is 10.4 Å². The Morgan fingerprint density at radius 1 is 1.20 bits per heavy atom. The Morgan fingerprint density at radius 3 is 2.55 bits per heavy atom. The van der Waals surface area contributed by atoms with E-state index in [0.29, 0.717) is 0 Å². The first-order valence-corrected chi connectivity index (χ1v) is 5.77. The molecule has 0 aliphatic rings. The molecule has 1 atom stereocenters.